The largest absolute Gasteiger partial charge is 0.314 e. The number of nitrogens with zero attached hydrogens (tertiary/aromatic N) is 2. The lowest BCUT2D eigenvalue weighted by Crippen LogP contribution is -2.40. The zero-order valence-electron chi connectivity index (χ0n) is 13.0. The van der Waals surface area contributed by atoms with Crippen LogP contribution in [0.3, 0.4) is 0 Å². The second kappa shape index (κ2) is 9.09. The first kappa shape index (κ1) is 18.0. The van der Waals surface area contributed by atoms with Gasteiger partial charge in [-0.05, 0) is 25.1 Å². The molecule has 0 bridgehead atoms. The Morgan fingerprint density at radius 2 is 2.05 bits per heavy atom. The lowest BCUT2D eigenvalue weighted by Gasteiger charge is -2.18. The van der Waals surface area contributed by atoms with Crippen LogP contribution in [0.1, 0.15) is 26.0 Å². The highest BCUT2D eigenvalue weighted by atomic mass is 32.2. The predicted octanol–water partition coefficient (Wildman–Crippen LogP) is 0.778. The predicted molar refractivity (Wildman–Crippen MR) is 85.2 cm³/mol. The number of hydrogen-bond acceptors (Lipinski definition) is 4. The summed E-state index contributed by atoms with van der Waals surface area (Å²) >= 11 is 0. The SMILES string of the molecule is CC(C)NCCCN(C)S(=O)(=O)NCCc1ccccn1. The molecule has 1 aromatic heterocycles. The van der Waals surface area contributed by atoms with Crippen LogP contribution in [0.4, 0.5) is 0 Å². The summed E-state index contributed by atoms with van der Waals surface area (Å²) in [5.74, 6) is 0. The lowest BCUT2D eigenvalue weighted by atomic mass is 10.3. The minimum atomic E-state index is -3.40. The molecule has 0 fully saturated rings. The Bertz CT molecular complexity index is 491. The number of hydrogen-bond donors (Lipinski definition) is 2. The Kier molecular flexibility index (Phi) is 7.81. The van der Waals surface area contributed by atoms with E-state index in [-0.39, 0.29) is 0 Å². The van der Waals surface area contributed by atoms with Crippen molar-refractivity contribution in [3.05, 3.63) is 30.1 Å². The van der Waals surface area contributed by atoms with Gasteiger partial charge in [-0.3, -0.25) is 4.98 Å². The van der Waals surface area contributed by atoms with Crippen LogP contribution < -0.4 is 10.0 Å². The molecule has 1 rings (SSSR count). The van der Waals surface area contributed by atoms with Gasteiger partial charge in [0.25, 0.3) is 10.2 Å². The highest BCUT2D eigenvalue weighted by Crippen LogP contribution is 1.98. The molecule has 0 aromatic carbocycles. The first-order chi connectivity index (χ1) is 9.92. The molecule has 0 aliphatic heterocycles. The van der Waals surface area contributed by atoms with Gasteiger partial charge in [0.1, 0.15) is 0 Å². The lowest BCUT2D eigenvalue weighted by molar-refractivity contribution is 0.439. The molecule has 0 aliphatic carbocycles. The second-order valence-electron chi connectivity index (χ2n) is 5.25. The van der Waals surface area contributed by atoms with Crippen molar-refractivity contribution >= 4 is 10.2 Å². The maximum atomic E-state index is 12.0. The molecule has 120 valence electrons. The monoisotopic (exact) mass is 314 g/mol. The molecule has 0 unspecified atom stereocenters. The normalized spacial score (nSPS) is 12.2. The molecule has 0 radical (unpaired) electrons. The van der Waals surface area contributed by atoms with Crippen LogP contribution in [-0.2, 0) is 16.6 Å². The number of rotatable bonds is 10. The minimum Gasteiger partial charge on any atom is -0.314 e. The summed E-state index contributed by atoms with van der Waals surface area (Å²) in [4.78, 5) is 4.16. The van der Waals surface area contributed by atoms with Gasteiger partial charge >= 0.3 is 0 Å². The van der Waals surface area contributed by atoms with E-state index < -0.39 is 10.2 Å². The molecule has 1 heterocycles. The Morgan fingerprint density at radius 3 is 2.67 bits per heavy atom. The molecule has 2 N–H and O–H groups in total. The average Bonchev–Trinajstić information content (AvgIpc) is 2.44. The van der Waals surface area contributed by atoms with Gasteiger partial charge < -0.3 is 5.32 Å². The summed E-state index contributed by atoms with van der Waals surface area (Å²) in [7, 11) is -1.81. The summed E-state index contributed by atoms with van der Waals surface area (Å²) < 4.78 is 28.0. The van der Waals surface area contributed by atoms with Gasteiger partial charge in [0, 0.05) is 44.5 Å². The third kappa shape index (κ3) is 7.52. The summed E-state index contributed by atoms with van der Waals surface area (Å²) in [6, 6.07) is 6.04. The van der Waals surface area contributed by atoms with Crippen molar-refractivity contribution in [2.45, 2.75) is 32.7 Å². The van der Waals surface area contributed by atoms with Gasteiger partial charge in [0.15, 0.2) is 0 Å². The molecule has 0 amide bonds. The van der Waals surface area contributed by atoms with Gasteiger partial charge in [-0.15, -0.1) is 0 Å². The standard InChI is InChI=1S/C14H26N4O2S/c1-13(2)15-10-6-12-18(3)21(19,20)17-11-8-14-7-4-5-9-16-14/h4-5,7,9,13,15,17H,6,8,10-12H2,1-3H3. The fraction of sp³-hybridized carbons (Fsp3) is 0.643. The van der Waals surface area contributed by atoms with Crippen molar-refractivity contribution in [2.75, 3.05) is 26.7 Å². The maximum Gasteiger partial charge on any atom is 0.279 e. The van der Waals surface area contributed by atoms with E-state index >= 15 is 0 Å². The van der Waals surface area contributed by atoms with E-state index in [1.165, 1.54) is 4.31 Å². The molecular formula is C14H26N4O2S. The van der Waals surface area contributed by atoms with Crippen molar-refractivity contribution in [3.8, 4) is 0 Å². The molecule has 0 atom stereocenters. The zero-order chi connectivity index (χ0) is 15.7. The van der Waals surface area contributed by atoms with Gasteiger partial charge in [-0.2, -0.15) is 12.7 Å². The van der Waals surface area contributed by atoms with E-state index in [4.69, 9.17) is 0 Å². The van der Waals surface area contributed by atoms with Crippen molar-refractivity contribution in [1.82, 2.24) is 19.3 Å². The first-order valence-corrected chi connectivity index (χ1v) is 8.70. The highest BCUT2D eigenvalue weighted by Gasteiger charge is 2.16. The zero-order valence-corrected chi connectivity index (χ0v) is 13.9. The Balaban J connectivity index is 2.28. The van der Waals surface area contributed by atoms with Crippen molar-refractivity contribution in [2.24, 2.45) is 0 Å². The van der Waals surface area contributed by atoms with Crippen molar-refractivity contribution in [3.63, 3.8) is 0 Å². The average molecular weight is 314 g/mol. The Hall–Kier alpha value is -1.02. The molecular weight excluding hydrogens is 288 g/mol. The van der Waals surface area contributed by atoms with Crippen LogP contribution in [0.15, 0.2) is 24.4 Å². The number of aromatic nitrogens is 1. The molecule has 6 nitrogen and oxygen atoms in total. The Labute approximate surface area is 128 Å². The van der Waals surface area contributed by atoms with Crippen LogP contribution in [0.25, 0.3) is 0 Å². The Morgan fingerprint density at radius 1 is 1.29 bits per heavy atom. The molecule has 0 aliphatic rings. The maximum absolute atomic E-state index is 12.0. The van der Waals surface area contributed by atoms with Crippen LogP contribution >= 0.6 is 0 Å². The van der Waals surface area contributed by atoms with Crippen LogP contribution in [0.2, 0.25) is 0 Å². The topological polar surface area (TPSA) is 74.3 Å². The van der Waals surface area contributed by atoms with Crippen LogP contribution in [-0.4, -0.2) is 50.4 Å². The van der Waals surface area contributed by atoms with E-state index in [0.717, 1.165) is 18.7 Å². The third-order valence-corrected chi connectivity index (χ3v) is 4.58. The van der Waals surface area contributed by atoms with E-state index in [1.54, 1.807) is 13.2 Å². The molecule has 1 aromatic rings. The number of nitrogens with one attached hydrogen (secondary N) is 2. The van der Waals surface area contributed by atoms with E-state index in [2.05, 4.69) is 28.9 Å². The summed E-state index contributed by atoms with van der Waals surface area (Å²) in [5.41, 5.74) is 0.879. The van der Waals surface area contributed by atoms with E-state index in [9.17, 15) is 8.42 Å². The minimum absolute atomic E-state index is 0.355. The van der Waals surface area contributed by atoms with Crippen LogP contribution in [0.5, 0.6) is 0 Å². The van der Waals surface area contributed by atoms with E-state index in [1.807, 2.05) is 18.2 Å². The first-order valence-electron chi connectivity index (χ1n) is 7.26. The quantitative estimate of drug-likeness (QED) is 0.626. The van der Waals surface area contributed by atoms with Crippen LogP contribution in [0, 0.1) is 0 Å². The van der Waals surface area contributed by atoms with E-state index in [0.29, 0.717) is 25.6 Å². The number of pyridine rings is 1. The molecule has 0 saturated carbocycles. The molecule has 21 heavy (non-hydrogen) atoms. The van der Waals surface area contributed by atoms with Crippen molar-refractivity contribution < 1.29 is 8.42 Å². The van der Waals surface area contributed by atoms with Gasteiger partial charge in [0.2, 0.25) is 0 Å². The fourth-order valence-electron chi connectivity index (χ4n) is 1.78. The highest BCUT2D eigenvalue weighted by molar-refractivity contribution is 7.87. The molecule has 7 heteroatoms. The fourth-order valence-corrected chi connectivity index (χ4v) is 2.73. The summed E-state index contributed by atoms with van der Waals surface area (Å²) in [6.45, 7) is 5.80. The van der Waals surface area contributed by atoms with Gasteiger partial charge in [-0.25, -0.2) is 4.72 Å². The molecule has 0 spiro atoms. The summed E-state index contributed by atoms with van der Waals surface area (Å²) in [5, 5.41) is 3.27. The smallest absolute Gasteiger partial charge is 0.279 e. The summed E-state index contributed by atoms with van der Waals surface area (Å²) in [6.07, 6.45) is 3.08. The second-order valence-corrected chi connectivity index (χ2v) is 7.12. The van der Waals surface area contributed by atoms with Gasteiger partial charge in [0.05, 0.1) is 0 Å². The third-order valence-electron chi connectivity index (χ3n) is 3.00. The van der Waals surface area contributed by atoms with Crippen molar-refractivity contribution in [1.29, 1.82) is 0 Å². The molecule has 0 saturated heterocycles. The van der Waals surface area contributed by atoms with Gasteiger partial charge in [-0.1, -0.05) is 19.9 Å².